The fourth-order valence-corrected chi connectivity index (χ4v) is 2.66. The van der Waals surface area contributed by atoms with Gasteiger partial charge < -0.3 is 15.4 Å². The zero-order valence-corrected chi connectivity index (χ0v) is 14.6. The molecule has 23 heavy (non-hydrogen) atoms. The zero-order valence-electron chi connectivity index (χ0n) is 13.8. The molecule has 0 spiro atoms. The van der Waals surface area contributed by atoms with Crippen LogP contribution in [0, 0.1) is 5.92 Å². The minimum absolute atomic E-state index is 0.000628. The average molecular weight is 340 g/mol. The molecule has 2 amide bonds. The molecule has 0 fully saturated rings. The van der Waals surface area contributed by atoms with E-state index >= 15 is 0 Å². The Hall–Kier alpha value is -1.89. The summed E-state index contributed by atoms with van der Waals surface area (Å²) in [7, 11) is 0. The minimum atomic E-state index is -0.517. The first-order valence-electron chi connectivity index (χ1n) is 7.61. The molecule has 0 aliphatic rings. The number of carbonyl (C=O) groups is 3. The van der Waals surface area contributed by atoms with Gasteiger partial charge in [-0.25, -0.2) is 0 Å². The Morgan fingerprint density at radius 1 is 1.30 bits per heavy atom. The van der Waals surface area contributed by atoms with Crippen molar-refractivity contribution >= 4 is 29.1 Å². The minimum Gasteiger partial charge on any atom is -0.456 e. The van der Waals surface area contributed by atoms with Crippen molar-refractivity contribution in [2.24, 2.45) is 5.92 Å². The number of ether oxygens (including phenoxy) is 1. The number of hydrogen-bond donors (Lipinski definition) is 2. The van der Waals surface area contributed by atoms with Gasteiger partial charge in [-0.3, -0.25) is 14.4 Å². The van der Waals surface area contributed by atoms with Gasteiger partial charge >= 0.3 is 5.97 Å². The van der Waals surface area contributed by atoms with Crippen LogP contribution in [0.3, 0.4) is 0 Å². The molecule has 1 aromatic rings. The molecule has 1 rings (SSSR count). The van der Waals surface area contributed by atoms with Crippen LogP contribution in [0.1, 0.15) is 44.5 Å². The van der Waals surface area contributed by atoms with Crippen LogP contribution in [0.25, 0.3) is 0 Å². The lowest BCUT2D eigenvalue weighted by atomic mass is 10.1. The van der Waals surface area contributed by atoms with Crippen LogP contribution >= 0.6 is 11.3 Å². The van der Waals surface area contributed by atoms with Gasteiger partial charge in [-0.05, 0) is 23.8 Å². The molecule has 0 aliphatic heterocycles. The second kappa shape index (κ2) is 9.99. The molecule has 1 unspecified atom stereocenters. The van der Waals surface area contributed by atoms with Gasteiger partial charge in [0, 0.05) is 18.3 Å². The molecule has 0 bridgehead atoms. The molecule has 0 saturated heterocycles. The molecule has 1 aromatic heterocycles. The van der Waals surface area contributed by atoms with Gasteiger partial charge in [0.25, 0.3) is 5.91 Å². The summed E-state index contributed by atoms with van der Waals surface area (Å²) in [5.74, 6) is -0.549. The molecule has 0 radical (unpaired) electrons. The van der Waals surface area contributed by atoms with Crippen LogP contribution in [0.4, 0.5) is 0 Å². The molecule has 0 saturated carbocycles. The molecule has 1 heterocycles. The average Bonchev–Trinajstić information content (AvgIpc) is 2.97. The number of carbonyl (C=O) groups excluding carboxylic acids is 3. The lowest BCUT2D eigenvalue weighted by molar-refractivity contribution is -0.149. The first-order valence-corrected chi connectivity index (χ1v) is 8.49. The third-order valence-corrected chi connectivity index (χ3v) is 4.03. The summed E-state index contributed by atoms with van der Waals surface area (Å²) >= 11 is 1.45. The van der Waals surface area contributed by atoms with Gasteiger partial charge in [0.1, 0.15) is 0 Å². The van der Waals surface area contributed by atoms with E-state index in [9.17, 15) is 14.4 Å². The molecule has 2 N–H and O–H groups in total. The first kappa shape index (κ1) is 19.2. The van der Waals surface area contributed by atoms with Crippen LogP contribution in [0.5, 0.6) is 0 Å². The van der Waals surface area contributed by atoms with E-state index in [1.54, 1.807) is 0 Å². The van der Waals surface area contributed by atoms with E-state index in [0.29, 0.717) is 12.5 Å². The summed E-state index contributed by atoms with van der Waals surface area (Å²) in [5, 5.41) is 7.29. The number of hydrogen-bond acceptors (Lipinski definition) is 5. The summed E-state index contributed by atoms with van der Waals surface area (Å²) in [6.07, 6.45) is 0.877. The highest BCUT2D eigenvalue weighted by Gasteiger charge is 2.19. The number of esters is 1. The monoisotopic (exact) mass is 340 g/mol. The van der Waals surface area contributed by atoms with Gasteiger partial charge in [-0.15, -0.1) is 11.3 Å². The van der Waals surface area contributed by atoms with E-state index in [4.69, 9.17) is 4.74 Å². The van der Waals surface area contributed by atoms with Crippen molar-refractivity contribution in [1.82, 2.24) is 10.6 Å². The molecular weight excluding hydrogens is 316 g/mol. The second-order valence-electron chi connectivity index (χ2n) is 5.67. The number of nitrogens with one attached hydrogen (secondary N) is 2. The fraction of sp³-hybridized carbons (Fsp3) is 0.562. The maximum absolute atomic E-state index is 11.9. The zero-order chi connectivity index (χ0) is 17.2. The number of thiophene rings is 1. The molecule has 7 heteroatoms. The van der Waals surface area contributed by atoms with Crippen LogP contribution in [0.2, 0.25) is 0 Å². The Kier molecular flexibility index (Phi) is 8.32. The van der Waals surface area contributed by atoms with Crippen LogP contribution in [0.15, 0.2) is 17.5 Å². The van der Waals surface area contributed by atoms with Crippen LogP contribution < -0.4 is 10.6 Å². The molecule has 1 atom stereocenters. The van der Waals surface area contributed by atoms with Gasteiger partial charge in [-0.1, -0.05) is 19.9 Å². The molecule has 0 aliphatic carbocycles. The van der Waals surface area contributed by atoms with E-state index in [1.807, 2.05) is 17.5 Å². The van der Waals surface area contributed by atoms with Gasteiger partial charge in [0.2, 0.25) is 5.91 Å². The first-order chi connectivity index (χ1) is 10.9. The van der Waals surface area contributed by atoms with Crippen molar-refractivity contribution in [3.05, 3.63) is 22.4 Å². The van der Waals surface area contributed by atoms with Crippen LogP contribution in [-0.2, 0) is 19.1 Å². The summed E-state index contributed by atoms with van der Waals surface area (Å²) in [5.41, 5.74) is 0. The summed E-state index contributed by atoms with van der Waals surface area (Å²) in [6.45, 7) is 5.80. The Morgan fingerprint density at radius 2 is 2.04 bits per heavy atom. The Bertz CT molecular complexity index is 514. The maximum Gasteiger partial charge on any atom is 0.308 e. The fourth-order valence-electron chi connectivity index (χ4n) is 1.88. The highest BCUT2D eigenvalue weighted by Crippen LogP contribution is 2.22. The van der Waals surface area contributed by atoms with Gasteiger partial charge in [0.15, 0.2) is 6.61 Å². The van der Waals surface area contributed by atoms with E-state index < -0.39 is 12.0 Å². The summed E-state index contributed by atoms with van der Waals surface area (Å²) in [6, 6.07) is 3.27. The van der Waals surface area contributed by atoms with E-state index in [-0.39, 0.29) is 24.8 Å². The molecule has 0 aromatic carbocycles. The standard InChI is InChI=1S/C16H24N2O4S/c1-11(2)6-7-17-15(20)10-22-16(21)9-13(18-12(3)19)14-5-4-8-23-14/h4-5,8,11,13H,6-7,9-10H2,1-3H3,(H,17,20)(H,18,19). The van der Waals surface area contributed by atoms with E-state index in [0.717, 1.165) is 11.3 Å². The lowest BCUT2D eigenvalue weighted by Crippen LogP contribution is -2.32. The third-order valence-electron chi connectivity index (χ3n) is 3.04. The van der Waals surface area contributed by atoms with E-state index in [1.165, 1.54) is 18.3 Å². The molecule has 6 nitrogen and oxygen atoms in total. The maximum atomic E-state index is 11.9. The highest BCUT2D eigenvalue weighted by atomic mass is 32.1. The lowest BCUT2D eigenvalue weighted by Gasteiger charge is -2.15. The van der Waals surface area contributed by atoms with Crippen LogP contribution in [-0.4, -0.2) is 30.9 Å². The Balaban J connectivity index is 2.38. The third kappa shape index (κ3) is 8.35. The SMILES string of the molecule is CC(=O)NC(CC(=O)OCC(=O)NCCC(C)C)c1cccs1. The van der Waals surface area contributed by atoms with Crippen molar-refractivity contribution in [2.45, 2.75) is 39.7 Å². The van der Waals surface area contributed by atoms with Crippen molar-refractivity contribution in [3.63, 3.8) is 0 Å². The normalized spacial score (nSPS) is 11.8. The molecular formula is C16H24N2O4S. The largest absolute Gasteiger partial charge is 0.456 e. The van der Waals surface area contributed by atoms with Crippen molar-refractivity contribution in [2.75, 3.05) is 13.2 Å². The number of rotatable bonds is 9. The predicted molar refractivity (Wildman–Crippen MR) is 88.9 cm³/mol. The quantitative estimate of drug-likeness (QED) is 0.674. The second-order valence-corrected chi connectivity index (χ2v) is 6.65. The van der Waals surface area contributed by atoms with Crippen molar-refractivity contribution in [3.8, 4) is 0 Å². The smallest absolute Gasteiger partial charge is 0.308 e. The molecule has 128 valence electrons. The summed E-state index contributed by atoms with van der Waals surface area (Å²) in [4.78, 5) is 35.6. The Morgan fingerprint density at radius 3 is 2.61 bits per heavy atom. The highest BCUT2D eigenvalue weighted by molar-refractivity contribution is 7.10. The van der Waals surface area contributed by atoms with Crippen molar-refractivity contribution in [1.29, 1.82) is 0 Å². The predicted octanol–water partition coefficient (Wildman–Crippen LogP) is 2.02. The van der Waals surface area contributed by atoms with Crippen molar-refractivity contribution < 1.29 is 19.1 Å². The Labute approximate surface area is 140 Å². The van der Waals surface area contributed by atoms with Gasteiger partial charge in [-0.2, -0.15) is 0 Å². The van der Waals surface area contributed by atoms with E-state index in [2.05, 4.69) is 24.5 Å². The number of amides is 2. The topological polar surface area (TPSA) is 84.5 Å². The van der Waals surface area contributed by atoms with Gasteiger partial charge in [0.05, 0.1) is 12.5 Å². The summed E-state index contributed by atoms with van der Waals surface area (Å²) < 4.78 is 4.97.